The standard InChI is InChI=1S/C19H26N2O4/c1-5-10-21-13(3)18(15-12-14(25-4)7-8-16(15)21)19(24)20(6-2)11-9-17(22)23/h7-8,12H,5-6,9-11H2,1-4H3,(H,22,23). The van der Waals surface area contributed by atoms with Gasteiger partial charge in [0.2, 0.25) is 0 Å². The number of ether oxygens (including phenoxy) is 1. The van der Waals surface area contributed by atoms with E-state index in [1.165, 1.54) is 0 Å². The summed E-state index contributed by atoms with van der Waals surface area (Å²) in [6.45, 7) is 7.40. The minimum Gasteiger partial charge on any atom is -0.497 e. The number of amides is 1. The van der Waals surface area contributed by atoms with Gasteiger partial charge in [-0.25, -0.2) is 0 Å². The maximum absolute atomic E-state index is 13.1. The summed E-state index contributed by atoms with van der Waals surface area (Å²) >= 11 is 0. The largest absolute Gasteiger partial charge is 0.497 e. The van der Waals surface area contributed by atoms with Crippen molar-refractivity contribution in [2.75, 3.05) is 20.2 Å². The molecule has 0 unspecified atom stereocenters. The van der Waals surface area contributed by atoms with Crippen LogP contribution in [-0.4, -0.2) is 46.6 Å². The lowest BCUT2D eigenvalue weighted by Crippen LogP contribution is -2.33. The molecule has 1 heterocycles. The van der Waals surface area contributed by atoms with Gasteiger partial charge in [-0.2, -0.15) is 0 Å². The topological polar surface area (TPSA) is 71.8 Å². The quantitative estimate of drug-likeness (QED) is 0.796. The number of carbonyl (C=O) groups excluding carboxylic acids is 1. The Morgan fingerprint density at radius 1 is 1.28 bits per heavy atom. The first-order valence-electron chi connectivity index (χ1n) is 8.62. The van der Waals surface area contributed by atoms with Gasteiger partial charge < -0.3 is 19.3 Å². The second kappa shape index (κ2) is 8.05. The van der Waals surface area contributed by atoms with Gasteiger partial charge >= 0.3 is 5.97 Å². The zero-order valence-corrected chi connectivity index (χ0v) is 15.3. The highest BCUT2D eigenvalue weighted by atomic mass is 16.5. The molecule has 0 aliphatic carbocycles. The lowest BCUT2D eigenvalue weighted by molar-refractivity contribution is -0.137. The van der Waals surface area contributed by atoms with E-state index in [9.17, 15) is 9.59 Å². The zero-order valence-electron chi connectivity index (χ0n) is 15.3. The fourth-order valence-electron chi connectivity index (χ4n) is 3.16. The number of aromatic nitrogens is 1. The number of fused-ring (bicyclic) bond motifs is 1. The average Bonchev–Trinajstić information content (AvgIpc) is 2.86. The molecule has 25 heavy (non-hydrogen) atoms. The number of aryl methyl sites for hydroxylation is 1. The minimum atomic E-state index is -0.905. The van der Waals surface area contributed by atoms with Crippen molar-refractivity contribution in [1.29, 1.82) is 0 Å². The molecule has 2 aromatic rings. The highest BCUT2D eigenvalue weighted by molar-refractivity contribution is 6.08. The summed E-state index contributed by atoms with van der Waals surface area (Å²) in [6.07, 6.45) is 0.899. The predicted octanol–water partition coefficient (Wildman–Crippen LogP) is 3.31. The van der Waals surface area contributed by atoms with Gasteiger partial charge in [-0.3, -0.25) is 9.59 Å². The highest BCUT2D eigenvalue weighted by Gasteiger charge is 2.24. The average molecular weight is 346 g/mol. The Labute approximate surface area is 148 Å². The van der Waals surface area contributed by atoms with Crippen LogP contribution in [-0.2, 0) is 11.3 Å². The molecule has 0 bridgehead atoms. The minimum absolute atomic E-state index is 0.0600. The van der Waals surface area contributed by atoms with Gasteiger partial charge in [0.25, 0.3) is 5.91 Å². The van der Waals surface area contributed by atoms with Crippen molar-refractivity contribution in [3.05, 3.63) is 29.5 Å². The summed E-state index contributed by atoms with van der Waals surface area (Å²) in [5, 5.41) is 9.77. The molecule has 1 N–H and O–H groups in total. The molecular weight excluding hydrogens is 320 g/mol. The molecule has 136 valence electrons. The number of rotatable bonds is 8. The Bertz CT molecular complexity index is 779. The van der Waals surface area contributed by atoms with Gasteiger partial charge in [-0.1, -0.05) is 6.92 Å². The molecule has 0 saturated carbocycles. The molecule has 0 aliphatic heterocycles. The number of hydrogen-bond donors (Lipinski definition) is 1. The van der Waals surface area contributed by atoms with Gasteiger partial charge in [0.05, 0.1) is 19.1 Å². The number of aliphatic carboxylic acids is 1. The maximum atomic E-state index is 13.1. The van der Waals surface area contributed by atoms with Crippen LogP contribution in [0.1, 0.15) is 42.7 Å². The van der Waals surface area contributed by atoms with Crippen LogP contribution >= 0.6 is 0 Å². The van der Waals surface area contributed by atoms with E-state index in [0.717, 1.165) is 29.6 Å². The molecule has 0 radical (unpaired) electrons. The molecule has 1 amide bonds. The lowest BCUT2D eigenvalue weighted by Gasteiger charge is -2.20. The zero-order chi connectivity index (χ0) is 18.6. The SMILES string of the molecule is CCCn1c(C)c(C(=O)N(CC)CCC(=O)O)c2cc(OC)ccc21. The van der Waals surface area contributed by atoms with Gasteiger partial charge in [0.1, 0.15) is 5.75 Å². The summed E-state index contributed by atoms with van der Waals surface area (Å²) in [5.41, 5.74) is 2.54. The fourth-order valence-corrected chi connectivity index (χ4v) is 3.16. The van der Waals surface area contributed by atoms with E-state index in [2.05, 4.69) is 11.5 Å². The van der Waals surface area contributed by atoms with E-state index < -0.39 is 5.97 Å². The second-order valence-electron chi connectivity index (χ2n) is 6.02. The molecular formula is C19H26N2O4. The van der Waals surface area contributed by atoms with E-state index in [-0.39, 0.29) is 18.9 Å². The van der Waals surface area contributed by atoms with Crippen molar-refractivity contribution in [2.45, 2.75) is 40.2 Å². The van der Waals surface area contributed by atoms with Crippen LogP contribution in [0.15, 0.2) is 18.2 Å². The molecule has 0 fully saturated rings. The van der Waals surface area contributed by atoms with Crippen molar-refractivity contribution in [2.24, 2.45) is 0 Å². The highest BCUT2D eigenvalue weighted by Crippen LogP contribution is 2.30. The first kappa shape index (κ1) is 18.8. The van der Waals surface area contributed by atoms with Gasteiger partial charge in [0, 0.05) is 36.2 Å². The third-order valence-corrected chi connectivity index (χ3v) is 4.46. The smallest absolute Gasteiger partial charge is 0.305 e. The van der Waals surface area contributed by atoms with Crippen molar-refractivity contribution in [1.82, 2.24) is 9.47 Å². The number of methoxy groups -OCH3 is 1. The number of carboxylic acids is 1. The Morgan fingerprint density at radius 2 is 2.00 bits per heavy atom. The number of nitrogens with zero attached hydrogens (tertiary/aromatic N) is 2. The molecule has 0 spiro atoms. The Hall–Kier alpha value is -2.50. The van der Waals surface area contributed by atoms with Crippen molar-refractivity contribution in [3.8, 4) is 5.75 Å². The van der Waals surface area contributed by atoms with Gasteiger partial charge in [0.15, 0.2) is 0 Å². The van der Waals surface area contributed by atoms with Crippen LogP contribution < -0.4 is 4.74 Å². The number of benzene rings is 1. The van der Waals surface area contributed by atoms with Crippen LogP contribution in [0.5, 0.6) is 5.75 Å². The maximum Gasteiger partial charge on any atom is 0.305 e. The first-order chi connectivity index (χ1) is 11.9. The van der Waals surface area contributed by atoms with Gasteiger partial charge in [-0.05, 0) is 38.5 Å². The van der Waals surface area contributed by atoms with E-state index in [4.69, 9.17) is 9.84 Å². The molecule has 2 rings (SSSR count). The normalized spacial score (nSPS) is 10.9. The third-order valence-electron chi connectivity index (χ3n) is 4.46. The summed E-state index contributed by atoms with van der Waals surface area (Å²) < 4.78 is 7.47. The van der Waals surface area contributed by atoms with Crippen LogP contribution in [0.3, 0.4) is 0 Å². The van der Waals surface area contributed by atoms with Crippen molar-refractivity contribution >= 4 is 22.8 Å². The number of carboxylic acid groups (broad SMARTS) is 1. The Morgan fingerprint density at radius 3 is 2.56 bits per heavy atom. The van der Waals surface area contributed by atoms with E-state index in [1.807, 2.05) is 32.0 Å². The first-order valence-corrected chi connectivity index (χ1v) is 8.62. The number of carbonyl (C=O) groups is 2. The van der Waals surface area contributed by atoms with Crippen molar-refractivity contribution in [3.63, 3.8) is 0 Å². The summed E-state index contributed by atoms with van der Waals surface area (Å²) in [5.74, 6) is -0.337. The van der Waals surface area contributed by atoms with E-state index in [0.29, 0.717) is 17.9 Å². The molecule has 0 atom stereocenters. The summed E-state index contributed by atoms with van der Waals surface area (Å²) in [7, 11) is 1.60. The van der Waals surface area contributed by atoms with Crippen LogP contribution in [0.25, 0.3) is 10.9 Å². The molecule has 1 aromatic heterocycles. The Kier molecular flexibility index (Phi) is 6.07. The molecule has 6 heteroatoms. The van der Waals surface area contributed by atoms with Gasteiger partial charge in [-0.15, -0.1) is 0 Å². The third kappa shape index (κ3) is 3.78. The second-order valence-corrected chi connectivity index (χ2v) is 6.02. The van der Waals surface area contributed by atoms with Crippen LogP contribution in [0.4, 0.5) is 0 Å². The number of hydrogen-bond acceptors (Lipinski definition) is 3. The van der Waals surface area contributed by atoms with Crippen LogP contribution in [0.2, 0.25) is 0 Å². The molecule has 1 aromatic carbocycles. The fraction of sp³-hybridized carbons (Fsp3) is 0.474. The summed E-state index contributed by atoms with van der Waals surface area (Å²) in [4.78, 5) is 25.6. The van der Waals surface area contributed by atoms with Crippen LogP contribution in [0, 0.1) is 6.92 Å². The molecule has 6 nitrogen and oxygen atoms in total. The molecule has 0 aliphatic rings. The monoisotopic (exact) mass is 346 g/mol. The lowest BCUT2D eigenvalue weighted by atomic mass is 10.1. The Balaban J connectivity index is 2.55. The predicted molar refractivity (Wildman–Crippen MR) is 97.3 cm³/mol. The molecule has 0 saturated heterocycles. The van der Waals surface area contributed by atoms with E-state index >= 15 is 0 Å². The van der Waals surface area contributed by atoms with E-state index in [1.54, 1.807) is 12.0 Å². The summed E-state index contributed by atoms with van der Waals surface area (Å²) in [6, 6.07) is 5.75. The van der Waals surface area contributed by atoms with Crippen molar-refractivity contribution < 1.29 is 19.4 Å².